The number of H-pyrrole nitrogens is 1. The zero-order chi connectivity index (χ0) is 15.6. The topological polar surface area (TPSA) is 71.5 Å². The number of nitrogens with zero attached hydrogens (tertiary/aromatic N) is 3. The van der Waals surface area contributed by atoms with Gasteiger partial charge in [0.05, 0.1) is 11.7 Å². The van der Waals surface area contributed by atoms with Crippen molar-refractivity contribution in [1.82, 2.24) is 20.2 Å². The molecule has 2 aromatic heterocycles. The highest BCUT2D eigenvalue weighted by molar-refractivity contribution is 5.87. The van der Waals surface area contributed by atoms with Crippen molar-refractivity contribution in [2.75, 3.05) is 0 Å². The van der Waals surface area contributed by atoms with E-state index >= 15 is 0 Å². The van der Waals surface area contributed by atoms with Crippen LogP contribution in [0.2, 0.25) is 0 Å². The molecule has 0 unspecified atom stereocenters. The number of fused-ring (bicyclic) bond motifs is 1. The number of rotatable bonds is 2. The SMILES string of the molecule is O=c1[nH]c2c(-c3ccccc3)nncc2nc1C1CCCCC1. The van der Waals surface area contributed by atoms with Crippen LogP contribution in [-0.4, -0.2) is 20.2 Å². The molecule has 4 rings (SSSR count). The van der Waals surface area contributed by atoms with E-state index in [2.05, 4.69) is 20.2 Å². The van der Waals surface area contributed by atoms with Gasteiger partial charge >= 0.3 is 0 Å². The minimum absolute atomic E-state index is 0.0884. The first-order chi connectivity index (χ1) is 11.3. The highest BCUT2D eigenvalue weighted by Gasteiger charge is 2.21. The summed E-state index contributed by atoms with van der Waals surface area (Å²) in [6.45, 7) is 0. The van der Waals surface area contributed by atoms with Gasteiger partial charge in [-0.3, -0.25) is 4.79 Å². The summed E-state index contributed by atoms with van der Waals surface area (Å²) in [7, 11) is 0. The van der Waals surface area contributed by atoms with Crippen molar-refractivity contribution in [3.63, 3.8) is 0 Å². The lowest BCUT2D eigenvalue weighted by molar-refractivity contribution is 0.434. The number of benzene rings is 1. The van der Waals surface area contributed by atoms with Crippen molar-refractivity contribution in [3.8, 4) is 11.3 Å². The first-order valence-electron chi connectivity index (χ1n) is 8.14. The van der Waals surface area contributed by atoms with E-state index < -0.39 is 0 Å². The molecule has 1 fully saturated rings. The Morgan fingerprint density at radius 3 is 2.61 bits per heavy atom. The molecule has 1 saturated carbocycles. The molecule has 0 atom stereocenters. The Labute approximate surface area is 133 Å². The smallest absolute Gasteiger partial charge is 0.270 e. The van der Waals surface area contributed by atoms with E-state index in [4.69, 9.17) is 0 Å². The summed E-state index contributed by atoms with van der Waals surface area (Å²) in [5.41, 5.74) is 3.53. The Balaban J connectivity index is 1.86. The van der Waals surface area contributed by atoms with Gasteiger partial charge in [-0.2, -0.15) is 5.10 Å². The molecule has 0 bridgehead atoms. The lowest BCUT2D eigenvalue weighted by atomic mass is 9.87. The van der Waals surface area contributed by atoms with Gasteiger partial charge in [0.25, 0.3) is 5.56 Å². The van der Waals surface area contributed by atoms with E-state index in [0.717, 1.165) is 18.4 Å². The van der Waals surface area contributed by atoms with Crippen LogP contribution in [0.1, 0.15) is 43.7 Å². The van der Waals surface area contributed by atoms with E-state index in [1.807, 2.05) is 30.3 Å². The molecule has 2 heterocycles. The lowest BCUT2D eigenvalue weighted by Crippen LogP contribution is -2.21. The number of hydrogen-bond acceptors (Lipinski definition) is 4. The van der Waals surface area contributed by atoms with Crippen molar-refractivity contribution in [2.24, 2.45) is 0 Å². The average Bonchev–Trinajstić information content (AvgIpc) is 2.62. The predicted molar refractivity (Wildman–Crippen MR) is 89.2 cm³/mol. The first kappa shape index (κ1) is 14.1. The second-order valence-electron chi connectivity index (χ2n) is 6.11. The van der Waals surface area contributed by atoms with Crippen LogP contribution in [0.15, 0.2) is 41.3 Å². The molecule has 23 heavy (non-hydrogen) atoms. The Morgan fingerprint density at radius 2 is 1.83 bits per heavy atom. The summed E-state index contributed by atoms with van der Waals surface area (Å²) in [6, 6.07) is 9.74. The molecule has 0 saturated heterocycles. The van der Waals surface area contributed by atoms with Crippen molar-refractivity contribution in [1.29, 1.82) is 0 Å². The zero-order valence-corrected chi connectivity index (χ0v) is 12.8. The van der Waals surface area contributed by atoms with E-state index in [1.54, 1.807) is 6.20 Å². The molecule has 5 nitrogen and oxygen atoms in total. The van der Waals surface area contributed by atoms with Gasteiger partial charge in [0, 0.05) is 11.5 Å². The van der Waals surface area contributed by atoms with Crippen LogP contribution in [0, 0.1) is 0 Å². The normalized spacial score (nSPS) is 15.8. The monoisotopic (exact) mass is 306 g/mol. The number of hydrogen-bond donors (Lipinski definition) is 1. The summed E-state index contributed by atoms with van der Waals surface area (Å²) in [6.07, 6.45) is 7.33. The van der Waals surface area contributed by atoms with Crippen molar-refractivity contribution >= 4 is 11.0 Å². The Kier molecular flexibility index (Phi) is 3.61. The van der Waals surface area contributed by atoms with Crippen LogP contribution in [0.4, 0.5) is 0 Å². The van der Waals surface area contributed by atoms with Crippen molar-refractivity contribution < 1.29 is 0 Å². The Bertz CT molecular complexity index is 882. The Hall–Kier alpha value is -2.56. The molecule has 1 aliphatic rings. The number of nitrogens with one attached hydrogen (secondary N) is 1. The van der Waals surface area contributed by atoms with Gasteiger partial charge in [0.1, 0.15) is 16.9 Å². The fraction of sp³-hybridized carbons (Fsp3) is 0.333. The van der Waals surface area contributed by atoms with Crippen LogP contribution >= 0.6 is 0 Å². The molecule has 1 aliphatic carbocycles. The number of aromatic amines is 1. The molecular weight excluding hydrogens is 288 g/mol. The maximum absolute atomic E-state index is 12.5. The summed E-state index contributed by atoms with van der Waals surface area (Å²) in [4.78, 5) is 20.2. The molecule has 1 N–H and O–H groups in total. The zero-order valence-electron chi connectivity index (χ0n) is 12.8. The molecule has 0 aliphatic heterocycles. The third-order valence-electron chi connectivity index (χ3n) is 4.58. The third-order valence-corrected chi connectivity index (χ3v) is 4.58. The van der Waals surface area contributed by atoms with Gasteiger partial charge in [-0.05, 0) is 12.8 Å². The average molecular weight is 306 g/mol. The van der Waals surface area contributed by atoms with Gasteiger partial charge in [0.2, 0.25) is 0 Å². The van der Waals surface area contributed by atoms with Gasteiger partial charge in [0.15, 0.2) is 0 Å². The maximum atomic E-state index is 12.5. The van der Waals surface area contributed by atoms with Gasteiger partial charge < -0.3 is 4.98 Å². The van der Waals surface area contributed by atoms with Crippen LogP contribution in [0.25, 0.3) is 22.3 Å². The summed E-state index contributed by atoms with van der Waals surface area (Å²) in [5, 5.41) is 8.27. The molecule has 0 radical (unpaired) electrons. The minimum Gasteiger partial charge on any atom is -0.317 e. The van der Waals surface area contributed by atoms with E-state index in [1.165, 1.54) is 19.3 Å². The van der Waals surface area contributed by atoms with E-state index in [-0.39, 0.29) is 11.5 Å². The second kappa shape index (κ2) is 5.91. The summed E-state index contributed by atoms with van der Waals surface area (Å²) in [5.74, 6) is 0.269. The molecule has 5 heteroatoms. The molecule has 116 valence electrons. The Morgan fingerprint density at radius 1 is 1.04 bits per heavy atom. The van der Waals surface area contributed by atoms with E-state index in [0.29, 0.717) is 22.4 Å². The van der Waals surface area contributed by atoms with Crippen LogP contribution in [0.5, 0.6) is 0 Å². The highest BCUT2D eigenvalue weighted by Crippen LogP contribution is 2.31. The van der Waals surface area contributed by atoms with Crippen LogP contribution in [-0.2, 0) is 0 Å². The van der Waals surface area contributed by atoms with Crippen LogP contribution < -0.4 is 5.56 Å². The molecule has 0 spiro atoms. The van der Waals surface area contributed by atoms with Crippen molar-refractivity contribution in [2.45, 2.75) is 38.0 Å². The first-order valence-corrected chi connectivity index (χ1v) is 8.14. The largest absolute Gasteiger partial charge is 0.317 e. The minimum atomic E-state index is -0.0884. The molecule has 1 aromatic carbocycles. The summed E-state index contributed by atoms with van der Waals surface area (Å²) < 4.78 is 0. The highest BCUT2D eigenvalue weighted by atomic mass is 16.1. The molecule has 3 aromatic rings. The third kappa shape index (κ3) is 2.63. The van der Waals surface area contributed by atoms with Crippen molar-refractivity contribution in [3.05, 3.63) is 52.6 Å². The van der Waals surface area contributed by atoms with Gasteiger partial charge in [-0.15, -0.1) is 5.10 Å². The quantitative estimate of drug-likeness (QED) is 0.787. The van der Waals surface area contributed by atoms with Crippen LogP contribution in [0.3, 0.4) is 0 Å². The lowest BCUT2D eigenvalue weighted by Gasteiger charge is -2.20. The fourth-order valence-corrected chi connectivity index (χ4v) is 3.39. The summed E-state index contributed by atoms with van der Waals surface area (Å²) >= 11 is 0. The van der Waals surface area contributed by atoms with Gasteiger partial charge in [-0.25, -0.2) is 4.98 Å². The number of aromatic nitrogens is 4. The predicted octanol–water partition coefficient (Wildman–Crippen LogP) is 3.43. The van der Waals surface area contributed by atoms with Gasteiger partial charge in [-0.1, -0.05) is 49.6 Å². The fourth-order valence-electron chi connectivity index (χ4n) is 3.39. The molecule has 0 amide bonds. The van der Waals surface area contributed by atoms with E-state index in [9.17, 15) is 4.79 Å². The molecular formula is C18H18N4O. The maximum Gasteiger partial charge on any atom is 0.270 e. The standard InChI is InChI=1S/C18H18N4O/c23-18-16(13-9-5-2-6-10-13)20-14-11-19-22-15(17(14)21-18)12-7-3-1-4-8-12/h1,3-4,7-8,11,13H,2,5-6,9-10H2,(H,21,23). The second-order valence-corrected chi connectivity index (χ2v) is 6.11.